The molecule has 19 heavy (non-hydrogen) atoms. The number of rotatable bonds is 3. The molecule has 0 saturated carbocycles. The van der Waals surface area contributed by atoms with E-state index in [1.54, 1.807) is 12.1 Å². The summed E-state index contributed by atoms with van der Waals surface area (Å²) in [4.78, 5) is 8.99. The Morgan fingerprint density at radius 3 is 2.84 bits per heavy atom. The third kappa shape index (κ3) is 2.42. The zero-order valence-corrected chi connectivity index (χ0v) is 11.4. The Labute approximate surface area is 115 Å². The molecule has 0 saturated heterocycles. The number of halogens is 1. The van der Waals surface area contributed by atoms with Gasteiger partial charge in [-0.3, -0.25) is 0 Å². The van der Waals surface area contributed by atoms with E-state index in [-0.39, 0.29) is 5.82 Å². The molecule has 0 atom stereocenters. The first-order valence-electron chi connectivity index (χ1n) is 6.23. The standard InChI is InChI=1S/C14H14FN3S/c1-19-14-17-11-8-4-5-9(11)13(18-14)16-12-7-3-2-6-10(12)15/h2-3,6-7H,4-5,8H2,1H3,(H,16,17,18). The van der Waals surface area contributed by atoms with Crippen LogP contribution >= 0.6 is 11.8 Å². The van der Waals surface area contributed by atoms with Crippen LogP contribution in [-0.2, 0) is 12.8 Å². The van der Waals surface area contributed by atoms with Gasteiger partial charge in [-0.15, -0.1) is 0 Å². The molecule has 1 aliphatic rings. The third-order valence-electron chi connectivity index (χ3n) is 3.22. The van der Waals surface area contributed by atoms with E-state index >= 15 is 0 Å². The fraction of sp³-hybridized carbons (Fsp3) is 0.286. The van der Waals surface area contributed by atoms with Crippen molar-refractivity contribution in [1.29, 1.82) is 0 Å². The van der Waals surface area contributed by atoms with Gasteiger partial charge >= 0.3 is 0 Å². The normalized spacial score (nSPS) is 13.4. The van der Waals surface area contributed by atoms with E-state index in [9.17, 15) is 4.39 Å². The van der Waals surface area contributed by atoms with Crippen molar-refractivity contribution in [2.75, 3.05) is 11.6 Å². The summed E-state index contributed by atoms with van der Waals surface area (Å²) in [5.74, 6) is 0.482. The summed E-state index contributed by atoms with van der Waals surface area (Å²) in [6.45, 7) is 0. The SMILES string of the molecule is CSc1nc2c(c(Nc3ccccc3F)n1)CCC2. The fourth-order valence-electron chi connectivity index (χ4n) is 2.29. The number of hydrogen-bond donors (Lipinski definition) is 1. The quantitative estimate of drug-likeness (QED) is 0.686. The van der Waals surface area contributed by atoms with Crippen molar-refractivity contribution in [2.24, 2.45) is 0 Å². The van der Waals surface area contributed by atoms with Crippen LogP contribution in [0.1, 0.15) is 17.7 Å². The molecular formula is C14H14FN3S. The van der Waals surface area contributed by atoms with Gasteiger partial charge in [-0.05, 0) is 37.7 Å². The van der Waals surface area contributed by atoms with Crippen LogP contribution in [0.5, 0.6) is 0 Å². The highest BCUT2D eigenvalue weighted by Gasteiger charge is 2.19. The second-order valence-electron chi connectivity index (χ2n) is 4.44. The Kier molecular flexibility index (Phi) is 3.38. The minimum absolute atomic E-state index is 0.265. The summed E-state index contributed by atoms with van der Waals surface area (Å²) < 4.78 is 13.7. The van der Waals surface area contributed by atoms with Gasteiger partial charge in [0.05, 0.1) is 11.4 Å². The zero-order chi connectivity index (χ0) is 13.2. The van der Waals surface area contributed by atoms with Gasteiger partial charge < -0.3 is 5.32 Å². The van der Waals surface area contributed by atoms with Gasteiger partial charge in [0.2, 0.25) is 0 Å². The molecule has 1 N–H and O–H groups in total. The Hall–Kier alpha value is -1.62. The summed E-state index contributed by atoms with van der Waals surface area (Å²) in [5.41, 5.74) is 2.68. The zero-order valence-electron chi connectivity index (χ0n) is 10.6. The first-order valence-corrected chi connectivity index (χ1v) is 7.45. The lowest BCUT2D eigenvalue weighted by Crippen LogP contribution is -2.04. The van der Waals surface area contributed by atoms with E-state index in [1.807, 2.05) is 12.3 Å². The summed E-state index contributed by atoms with van der Waals surface area (Å²) in [5, 5.41) is 3.84. The maximum absolute atomic E-state index is 13.7. The number of nitrogens with zero attached hydrogens (tertiary/aromatic N) is 2. The predicted octanol–water partition coefficient (Wildman–Crippen LogP) is 3.57. The maximum atomic E-state index is 13.7. The van der Waals surface area contributed by atoms with E-state index in [2.05, 4.69) is 15.3 Å². The Morgan fingerprint density at radius 2 is 2.05 bits per heavy atom. The minimum Gasteiger partial charge on any atom is -0.337 e. The van der Waals surface area contributed by atoms with Crippen LogP contribution in [0.15, 0.2) is 29.4 Å². The molecule has 1 aliphatic carbocycles. The highest BCUT2D eigenvalue weighted by Crippen LogP contribution is 2.30. The molecule has 0 radical (unpaired) electrons. The van der Waals surface area contributed by atoms with E-state index in [0.29, 0.717) is 5.69 Å². The molecule has 1 aromatic carbocycles. The number of aromatic nitrogens is 2. The van der Waals surface area contributed by atoms with Crippen LogP contribution in [0, 0.1) is 5.82 Å². The molecule has 98 valence electrons. The lowest BCUT2D eigenvalue weighted by Gasteiger charge is -2.11. The molecule has 1 aromatic heterocycles. The monoisotopic (exact) mass is 275 g/mol. The summed E-state index contributed by atoms with van der Waals surface area (Å²) in [6.07, 6.45) is 4.98. The van der Waals surface area contributed by atoms with Crippen molar-refractivity contribution in [1.82, 2.24) is 9.97 Å². The van der Waals surface area contributed by atoms with Crippen molar-refractivity contribution in [3.05, 3.63) is 41.3 Å². The van der Waals surface area contributed by atoms with Gasteiger partial charge in [0.15, 0.2) is 5.16 Å². The average Bonchev–Trinajstić information content (AvgIpc) is 2.89. The fourth-order valence-corrected chi connectivity index (χ4v) is 2.68. The summed E-state index contributed by atoms with van der Waals surface area (Å²) in [6, 6.07) is 6.65. The summed E-state index contributed by atoms with van der Waals surface area (Å²) >= 11 is 1.51. The van der Waals surface area contributed by atoms with Crippen LogP contribution in [-0.4, -0.2) is 16.2 Å². The largest absolute Gasteiger partial charge is 0.337 e. The van der Waals surface area contributed by atoms with Crippen molar-refractivity contribution in [3.8, 4) is 0 Å². The number of fused-ring (bicyclic) bond motifs is 1. The van der Waals surface area contributed by atoms with Gasteiger partial charge in [-0.25, -0.2) is 14.4 Å². The molecule has 0 bridgehead atoms. The highest BCUT2D eigenvalue weighted by molar-refractivity contribution is 7.98. The number of aryl methyl sites for hydroxylation is 1. The Balaban J connectivity index is 2.01. The Morgan fingerprint density at radius 1 is 1.21 bits per heavy atom. The number of hydrogen-bond acceptors (Lipinski definition) is 4. The molecule has 0 amide bonds. The van der Waals surface area contributed by atoms with Crippen molar-refractivity contribution in [3.63, 3.8) is 0 Å². The number of benzene rings is 1. The molecule has 1 heterocycles. The van der Waals surface area contributed by atoms with Crippen molar-refractivity contribution < 1.29 is 4.39 Å². The van der Waals surface area contributed by atoms with Crippen LogP contribution in [0.4, 0.5) is 15.9 Å². The topological polar surface area (TPSA) is 37.8 Å². The van der Waals surface area contributed by atoms with Crippen LogP contribution < -0.4 is 5.32 Å². The van der Waals surface area contributed by atoms with Crippen LogP contribution in [0.3, 0.4) is 0 Å². The smallest absolute Gasteiger partial charge is 0.189 e. The molecular weight excluding hydrogens is 261 g/mol. The lowest BCUT2D eigenvalue weighted by atomic mass is 10.2. The molecule has 0 fully saturated rings. The first-order chi connectivity index (χ1) is 9.28. The van der Waals surface area contributed by atoms with E-state index in [1.165, 1.54) is 17.8 Å². The molecule has 3 rings (SSSR count). The van der Waals surface area contributed by atoms with Gasteiger partial charge in [0.1, 0.15) is 11.6 Å². The number of anilines is 2. The molecule has 3 nitrogen and oxygen atoms in total. The highest BCUT2D eigenvalue weighted by atomic mass is 32.2. The van der Waals surface area contributed by atoms with E-state index < -0.39 is 0 Å². The molecule has 2 aromatic rings. The third-order valence-corrected chi connectivity index (χ3v) is 3.77. The molecule has 0 spiro atoms. The van der Waals surface area contributed by atoms with Gasteiger partial charge in [-0.1, -0.05) is 23.9 Å². The number of nitrogens with one attached hydrogen (secondary N) is 1. The first kappa shape index (κ1) is 12.4. The second kappa shape index (κ2) is 5.17. The predicted molar refractivity (Wildman–Crippen MR) is 75.5 cm³/mol. The second-order valence-corrected chi connectivity index (χ2v) is 5.22. The average molecular weight is 275 g/mol. The van der Waals surface area contributed by atoms with Crippen LogP contribution in [0.2, 0.25) is 0 Å². The minimum atomic E-state index is -0.265. The van der Waals surface area contributed by atoms with E-state index in [0.717, 1.165) is 41.5 Å². The molecule has 0 aliphatic heterocycles. The van der Waals surface area contributed by atoms with Crippen molar-refractivity contribution in [2.45, 2.75) is 24.4 Å². The molecule has 0 unspecified atom stereocenters. The van der Waals surface area contributed by atoms with Gasteiger partial charge in [-0.2, -0.15) is 0 Å². The van der Waals surface area contributed by atoms with Crippen LogP contribution in [0.25, 0.3) is 0 Å². The van der Waals surface area contributed by atoms with Gasteiger partial charge in [0, 0.05) is 5.56 Å². The number of para-hydroxylation sites is 1. The maximum Gasteiger partial charge on any atom is 0.189 e. The Bertz CT molecular complexity index is 616. The number of thioether (sulfide) groups is 1. The lowest BCUT2D eigenvalue weighted by molar-refractivity contribution is 0.631. The summed E-state index contributed by atoms with van der Waals surface area (Å²) in [7, 11) is 0. The van der Waals surface area contributed by atoms with Gasteiger partial charge in [0.25, 0.3) is 0 Å². The van der Waals surface area contributed by atoms with Crippen molar-refractivity contribution >= 4 is 23.3 Å². The molecule has 5 heteroatoms. The van der Waals surface area contributed by atoms with E-state index in [4.69, 9.17) is 0 Å².